The van der Waals surface area contributed by atoms with Crippen LogP contribution in [0.25, 0.3) is 0 Å². The molecule has 0 aromatic rings. The molecule has 0 radical (unpaired) electrons. The number of rotatable bonds is 7. The zero-order valence-electron chi connectivity index (χ0n) is 8.95. The van der Waals surface area contributed by atoms with Crippen molar-refractivity contribution < 1.29 is 18.8 Å². The van der Waals surface area contributed by atoms with Crippen LogP contribution in [0.2, 0.25) is 6.55 Å². The Bertz CT molecular complexity index is 207. The van der Waals surface area contributed by atoms with Crippen LogP contribution in [-0.2, 0) is 13.6 Å². The molecule has 0 saturated carbocycles. The Kier molecular flexibility index (Phi) is 5.86. The van der Waals surface area contributed by atoms with E-state index in [1.54, 1.807) is 13.5 Å². The SMILES string of the molecule is C=CC(=O)C(C)O[Si](C)(CO)OCC. The summed E-state index contributed by atoms with van der Waals surface area (Å²) in [5, 5.41) is 9.09. The summed E-state index contributed by atoms with van der Waals surface area (Å²) in [4.78, 5) is 11.2. The molecule has 1 N–H and O–H groups in total. The van der Waals surface area contributed by atoms with Gasteiger partial charge in [-0.15, -0.1) is 0 Å². The highest BCUT2D eigenvalue weighted by atomic mass is 28.4. The normalized spacial score (nSPS) is 17.1. The second-order valence-electron chi connectivity index (χ2n) is 3.09. The van der Waals surface area contributed by atoms with Crippen molar-refractivity contribution in [3.8, 4) is 0 Å². The number of aliphatic hydroxyl groups excluding tert-OH is 1. The zero-order chi connectivity index (χ0) is 11.2. The molecule has 0 heterocycles. The molecule has 2 unspecified atom stereocenters. The lowest BCUT2D eigenvalue weighted by molar-refractivity contribution is -0.121. The Labute approximate surface area is 85.8 Å². The Hall–Kier alpha value is -0.493. The van der Waals surface area contributed by atoms with E-state index >= 15 is 0 Å². The van der Waals surface area contributed by atoms with Crippen LogP contribution < -0.4 is 0 Å². The highest BCUT2D eigenvalue weighted by molar-refractivity contribution is 6.66. The molecule has 0 spiro atoms. The van der Waals surface area contributed by atoms with Crippen LogP contribution >= 0.6 is 0 Å². The van der Waals surface area contributed by atoms with Gasteiger partial charge in [-0.3, -0.25) is 4.79 Å². The van der Waals surface area contributed by atoms with Gasteiger partial charge < -0.3 is 14.0 Å². The number of hydrogen-bond acceptors (Lipinski definition) is 4. The lowest BCUT2D eigenvalue weighted by atomic mass is 10.3. The first-order chi connectivity index (χ1) is 6.49. The summed E-state index contributed by atoms with van der Waals surface area (Å²) >= 11 is 0. The van der Waals surface area contributed by atoms with Gasteiger partial charge >= 0.3 is 8.56 Å². The predicted molar refractivity (Wildman–Crippen MR) is 56.1 cm³/mol. The van der Waals surface area contributed by atoms with Crippen LogP contribution in [0.5, 0.6) is 0 Å². The van der Waals surface area contributed by atoms with E-state index in [4.69, 9.17) is 14.0 Å². The summed E-state index contributed by atoms with van der Waals surface area (Å²) in [5.74, 6) is -0.197. The molecule has 0 fully saturated rings. The highest BCUT2D eigenvalue weighted by Crippen LogP contribution is 2.10. The number of carbonyl (C=O) groups excluding carboxylic acids is 1. The van der Waals surface area contributed by atoms with E-state index in [0.717, 1.165) is 0 Å². The molecule has 0 aromatic heterocycles. The number of carbonyl (C=O) groups is 1. The van der Waals surface area contributed by atoms with Gasteiger partial charge in [-0.2, -0.15) is 0 Å². The largest absolute Gasteiger partial charge is 0.394 e. The minimum absolute atomic E-state index is 0.157. The van der Waals surface area contributed by atoms with E-state index in [-0.39, 0.29) is 12.0 Å². The van der Waals surface area contributed by atoms with Crippen molar-refractivity contribution >= 4 is 14.3 Å². The van der Waals surface area contributed by atoms with Gasteiger partial charge in [0.25, 0.3) is 0 Å². The second-order valence-corrected chi connectivity index (χ2v) is 6.20. The molecular formula is C9H18O4Si. The molecule has 14 heavy (non-hydrogen) atoms. The van der Waals surface area contributed by atoms with E-state index in [2.05, 4.69) is 6.58 Å². The summed E-state index contributed by atoms with van der Waals surface area (Å²) in [7, 11) is -2.58. The van der Waals surface area contributed by atoms with Crippen molar-refractivity contribution in [2.24, 2.45) is 0 Å². The average molecular weight is 218 g/mol. The van der Waals surface area contributed by atoms with Crippen LogP contribution in [0.1, 0.15) is 13.8 Å². The summed E-state index contributed by atoms with van der Waals surface area (Å²) in [6.07, 6.45) is 0.459. The van der Waals surface area contributed by atoms with Crippen molar-refractivity contribution in [1.29, 1.82) is 0 Å². The van der Waals surface area contributed by atoms with Crippen LogP contribution in [0.4, 0.5) is 0 Å². The molecule has 0 aliphatic heterocycles. The van der Waals surface area contributed by atoms with E-state index in [0.29, 0.717) is 6.61 Å². The Morgan fingerprint density at radius 1 is 1.71 bits per heavy atom. The summed E-state index contributed by atoms with van der Waals surface area (Å²) in [6.45, 7) is 9.01. The van der Waals surface area contributed by atoms with E-state index in [9.17, 15) is 4.79 Å². The molecule has 0 aliphatic rings. The monoisotopic (exact) mass is 218 g/mol. The molecule has 0 rings (SSSR count). The predicted octanol–water partition coefficient (Wildman–Crippen LogP) is 0.787. The van der Waals surface area contributed by atoms with Gasteiger partial charge in [-0.1, -0.05) is 6.58 Å². The third kappa shape index (κ3) is 4.14. The molecule has 4 nitrogen and oxygen atoms in total. The maximum absolute atomic E-state index is 11.2. The van der Waals surface area contributed by atoms with E-state index < -0.39 is 14.7 Å². The molecule has 0 aliphatic carbocycles. The third-order valence-electron chi connectivity index (χ3n) is 1.76. The number of aliphatic hydroxyl groups is 1. The van der Waals surface area contributed by atoms with Gasteiger partial charge in [0.2, 0.25) is 0 Å². The fourth-order valence-electron chi connectivity index (χ4n) is 1.02. The molecule has 82 valence electrons. The summed E-state index contributed by atoms with van der Waals surface area (Å²) < 4.78 is 10.8. The van der Waals surface area contributed by atoms with Gasteiger partial charge in [0.15, 0.2) is 5.78 Å². The molecule has 0 amide bonds. The first kappa shape index (κ1) is 13.5. The average Bonchev–Trinajstić information content (AvgIpc) is 2.16. The lowest BCUT2D eigenvalue weighted by Gasteiger charge is -2.26. The van der Waals surface area contributed by atoms with Crippen LogP contribution in [0, 0.1) is 0 Å². The molecular weight excluding hydrogens is 200 g/mol. The molecule has 2 atom stereocenters. The van der Waals surface area contributed by atoms with Gasteiger partial charge in [0.05, 0.1) is 6.23 Å². The highest BCUT2D eigenvalue weighted by Gasteiger charge is 2.33. The first-order valence-electron chi connectivity index (χ1n) is 4.58. The standard InChI is InChI=1S/C9H18O4Si/c1-5-9(11)8(3)13-14(4,7-10)12-6-2/h5,8,10H,1,6-7H2,2-4H3. The Balaban J connectivity index is 4.29. The minimum Gasteiger partial charge on any atom is -0.394 e. The Morgan fingerprint density at radius 2 is 2.29 bits per heavy atom. The maximum Gasteiger partial charge on any atom is 0.361 e. The van der Waals surface area contributed by atoms with Crippen molar-refractivity contribution in [3.63, 3.8) is 0 Å². The lowest BCUT2D eigenvalue weighted by Crippen LogP contribution is -2.47. The van der Waals surface area contributed by atoms with Gasteiger partial charge in [0.1, 0.15) is 6.10 Å². The van der Waals surface area contributed by atoms with Crippen LogP contribution in [0.3, 0.4) is 0 Å². The molecule has 0 aromatic carbocycles. The van der Waals surface area contributed by atoms with Crippen molar-refractivity contribution in [1.82, 2.24) is 0 Å². The summed E-state index contributed by atoms with van der Waals surface area (Å²) in [6, 6.07) is 0. The van der Waals surface area contributed by atoms with Crippen LogP contribution in [0.15, 0.2) is 12.7 Å². The quantitative estimate of drug-likeness (QED) is 0.507. The number of ketones is 1. The molecule has 5 heteroatoms. The molecule has 0 bridgehead atoms. The maximum atomic E-state index is 11.2. The van der Waals surface area contributed by atoms with Gasteiger partial charge in [0, 0.05) is 6.61 Å². The zero-order valence-corrected chi connectivity index (χ0v) is 9.95. The van der Waals surface area contributed by atoms with Crippen molar-refractivity contribution in [3.05, 3.63) is 12.7 Å². The van der Waals surface area contributed by atoms with Gasteiger partial charge in [-0.25, -0.2) is 0 Å². The second kappa shape index (κ2) is 6.08. The van der Waals surface area contributed by atoms with E-state index in [1.165, 1.54) is 6.08 Å². The van der Waals surface area contributed by atoms with E-state index in [1.807, 2.05) is 6.92 Å². The minimum atomic E-state index is -2.58. The smallest absolute Gasteiger partial charge is 0.361 e. The fraction of sp³-hybridized carbons (Fsp3) is 0.667. The Morgan fingerprint density at radius 3 is 2.64 bits per heavy atom. The summed E-state index contributed by atoms with van der Waals surface area (Å²) in [5.41, 5.74) is 0. The number of hydrogen-bond donors (Lipinski definition) is 1. The fourth-order valence-corrected chi connectivity index (χ4v) is 2.73. The van der Waals surface area contributed by atoms with Crippen LogP contribution in [-0.4, -0.2) is 38.4 Å². The topological polar surface area (TPSA) is 55.8 Å². The third-order valence-corrected chi connectivity index (χ3v) is 4.09. The van der Waals surface area contributed by atoms with Gasteiger partial charge in [-0.05, 0) is 26.5 Å². The van der Waals surface area contributed by atoms with Crippen molar-refractivity contribution in [2.45, 2.75) is 26.5 Å². The van der Waals surface area contributed by atoms with Crippen molar-refractivity contribution in [2.75, 3.05) is 12.8 Å². The molecule has 0 saturated heterocycles. The first-order valence-corrected chi connectivity index (χ1v) is 7.10.